The second kappa shape index (κ2) is 6.25. The molecule has 0 spiro atoms. The van der Waals surface area contributed by atoms with Crippen LogP contribution in [-0.4, -0.2) is 12.4 Å². The topological polar surface area (TPSA) is 35.5 Å². The van der Waals surface area contributed by atoms with Crippen molar-refractivity contribution in [1.82, 2.24) is 0 Å². The molecule has 0 unspecified atom stereocenters. The minimum atomic E-state index is -0.451. The summed E-state index contributed by atoms with van der Waals surface area (Å²) < 4.78 is 10.1. The van der Waals surface area contributed by atoms with Gasteiger partial charge in [-0.3, -0.25) is 4.79 Å². The molecule has 0 atom stereocenters. The number of halogens is 1. The highest BCUT2D eigenvalue weighted by atomic mass is 35.5. The standard InChI is InChI=1S/C8H7ClO2.C7H6O/c1-11-7-4-2-6(3-5-7)8(9)10;1-2-6-4-7(3-1)8-5-6/h2-5H,1H3;1-4H,5H2. The largest absolute Gasteiger partial charge is 0.497 e. The Labute approximate surface area is 116 Å². The SMILES string of the molecule is COc1ccc(C(=O)Cl)cc1.c1cc2cc(c1)OC2. The second-order valence-electron chi connectivity index (χ2n) is 3.94. The van der Waals surface area contributed by atoms with Crippen molar-refractivity contribution in [2.24, 2.45) is 0 Å². The second-order valence-corrected chi connectivity index (χ2v) is 4.28. The Morgan fingerprint density at radius 2 is 1.95 bits per heavy atom. The molecule has 1 aliphatic rings. The monoisotopic (exact) mass is 276 g/mol. The van der Waals surface area contributed by atoms with E-state index in [0.29, 0.717) is 11.3 Å². The highest BCUT2D eigenvalue weighted by Gasteiger charge is 2.03. The van der Waals surface area contributed by atoms with Crippen LogP contribution in [0.25, 0.3) is 0 Å². The van der Waals surface area contributed by atoms with E-state index in [1.807, 2.05) is 12.1 Å². The van der Waals surface area contributed by atoms with Crippen molar-refractivity contribution >= 4 is 16.8 Å². The van der Waals surface area contributed by atoms with Crippen molar-refractivity contribution in [2.45, 2.75) is 6.61 Å². The lowest BCUT2D eigenvalue weighted by Crippen LogP contribution is -1.88. The molecule has 0 saturated heterocycles. The molecule has 0 fully saturated rings. The predicted molar refractivity (Wildman–Crippen MR) is 74.0 cm³/mol. The van der Waals surface area contributed by atoms with E-state index in [1.165, 1.54) is 5.56 Å². The molecule has 0 aliphatic carbocycles. The van der Waals surface area contributed by atoms with Gasteiger partial charge in [-0.15, -0.1) is 0 Å². The molecule has 3 nitrogen and oxygen atoms in total. The molecule has 19 heavy (non-hydrogen) atoms. The number of methoxy groups -OCH3 is 1. The van der Waals surface area contributed by atoms with E-state index in [0.717, 1.165) is 12.4 Å². The van der Waals surface area contributed by atoms with Crippen LogP contribution in [0.15, 0.2) is 48.5 Å². The zero-order valence-electron chi connectivity index (χ0n) is 10.4. The van der Waals surface area contributed by atoms with Gasteiger partial charge in [0.05, 0.1) is 7.11 Å². The fraction of sp³-hybridized carbons (Fsp3) is 0.133. The summed E-state index contributed by atoms with van der Waals surface area (Å²) in [5.41, 5.74) is 1.76. The lowest BCUT2D eigenvalue weighted by Gasteiger charge is -1.98. The van der Waals surface area contributed by atoms with E-state index in [1.54, 1.807) is 31.4 Å². The number of ether oxygens (including phenoxy) is 2. The van der Waals surface area contributed by atoms with Crippen LogP contribution in [0.5, 0.6) is 11.5 Å². The van der Waals surface area contributed by atoms with Crippen molar-refractivity contribution in [1.29, 1.82) is 0 Å². The van der Waals surface area contributed by atoms with Crippen LogP contribution in [0.2, 0.25) is 0 Å². The number of hydrogen-bond donors (Lipinski definition) is 0. The van der Waals surface area contributed by atoms with Gasteiger partial charge >= 0.3 is 0 Å². The summed E-state index contributed by atoms with van der Waals surface area (Å²) in [5.74, 6) is 1.72. The molecule has 0 amide bonds. The molecule has 4 heteroatoms. The van der Waals surface area contributed by atoms with Gasteiger partial charge in [-0.1, -0.05) is 12.1 Å². The fourth-order valence-electron chi connectivity index (χ4n) is 1.61. The zero-order valence-corrected chi connectivity index (χ0v) is 11.2. The number of carbonyl (C=O) groups excluding carboxylic acids is 1. The first-order valence-corrected chi connectivity index (χ1v) is 6.12. The Bertz CT molecular complexity index is 545. The molecule has 2 bridgehead atoms. The molecule has 98 valence electrons. The van der Waals surface area contributed by atoms with E-state index in [9.17, 15) is 4.79 Å². The van der Waals surface area contributed by atoms with Crippen LogP contribution in [0, 0.1) is 0 Å². The Balaban J connectivity index is 0.000000146. The fourth-order valence-corrected chi connectivity index (χ4v) is 1.74. The Kier molecular flexibility index (Phi) is 4.42. The summed E-state index contributed by atoms with van der Waals surface area (Å²) in [6, 6.07) is 14.7. The van der Waals surface area contributed by atoms with Crippen LogP contribution in [0.1, 0.15) is 15.9 Å². The highest BCUT2D eigenvalue weighted by Crippen LogP contribution is 2.20. The maximum absolute atomic E-state index is 10.6. The maximum atomic E-state index is 10.6. The van der Waals surface area contributed by atoms with Crippen LogP contribution in [0.4, 0.5) is 0 Å². The molecule has 0 N–H and O–H groups in total. The lowest BCUT2D eigenvalue weighted by atomic mass is 10.2. The smallest absolute Gasteiger partial charge is 0.252 e. The van der Waals surface area contributed by atoms with Crippen LogP contribution in [-0.2, 0) is 6.61 Å². The first-order chi connectivity index (χ1) is 9.19. The van der Waals surface area contributed by atoms with E-state index >= 15 is 0 Å². The molecule has 0 radical (unpaired) electrons. The molecular weight excluding hydrogens is 264 g/mol. The van der Waals surface area contributed by atoms with Crippen molar-refractivity contribution in [2.75, 3.05) is 7.11 Å². The third-order valence-electron chi connectivity index (χ3n) is 2.62. The third kappa shape index (κ3) is 3.73. The Hall–Kier alpha value is -2.00. The van der Waals surface area contributed by atoms with E-state index < -0.39 is 5.24 Å². The van der Waals surface area contributed by atoms with Crippen LogP contribution >= 0.6 is 11.6 Å². The number of benzene rings is 2. The molecule has 1 aliphatic heterocycles. The average molecular weight is 277 g/mol. The van der Waals surface area contributed by atoms with Gasteiger partial charge < -0.3 is 9.47 Å². The van der Waals surface area contributed by atoms with E-state index in [4.69, 9.17) is 21.1 Å². The summed E-state index contributed by atoms with van der Waals surface area (Å²) in [4.78, 5) is 10.6. The van der Waals surface area contributed by atoms with Gasteiger partial charge in [0, 0.05) is 5.56 Å². The van der Waals surface area contributed by atoms with Gasteiger partial charge in [0.25, 0.3) is 5.24 Å². The van der Waals surface area contributed by atoms with Gasteiger partial charge in [-0.25, -0.2) is 0 Å². The normalized spacial score (nSPS) is 11.1. The number of hydrogen-bond acceptors (Lipinski definition) is 3. The molecule has 0 aromatic heterocycles. The number of rotatable bonds is 2. The van der Waals surface area contributed by atoms with Gasteiger partial charge in [0.1, 0.15) is 18.1 Å². The van der Waals surface area contributed by atoms with E-state index in [-0.39, 0.29) is 0 Å². The van der Waals surface area contributed by atoms with Crippen LogP contribution in [0.3, 0.4) is 0 Å². The minimum Gasteiger partial charge on any atom is -0.497 e. The summed E-state index contributed by atoms with van der Waals surface area (Å²) in [6.07, 6.45) is 0. The molecule has 3 rings (SSSR count). The van der Waals surface area contributed by atoms with Crippen molar-refractivity contribution in [3.63, 3.8) is 0 Å². The highest BCUT2D eigenvalue weighted by molar-refractivity contribution is 6.67. The first kappa shape index (κ1) is 13.4. The quantitative estimate of drug-likeness (QED) is 0.786. The Morgan fingerprint density at radius 1 is 1.21 bits per heavy atom. The lowest BCUT2D eigenvalue weighted by molar-refractivity contribution is 0.108. The van der Waals surface area contributed by atoms with Crippen molar-refractivity contribution < 1.29 is 14.3 Å². The van der Waals surface area contributed by atoms with Gasteiger partial charge in [-0.2, -0.15) is 0 Å². The van der Waals surface area contributed by atoms with E-state index in [2.05, 4.69) is 12.1 Å². The van der Waals surface area contributed by atoms with Gasteiger partial charge in [-0.05, 0) is 53.6 Å². The Morgan fingerprint density at radius 3 is 2.47 bits per heavy atom. The number of carbonyl (C=O) groups is 1. The summed E-state index contributed by atoms with van der Waals surface area (Å²) in [6.45, 7) is 0.766. The minimum absolute atomic E-state index is 0.451. The van der Waals surface area contributed by atoms with Crippen molar-refractivity contribution in [3.05, 3.63) is 59.7 Å². The number of fused-ring (bicyclic) bond motifs is 2. The third-order valence-corrected chi connectivity index (χ3v) is 2.84. The van der Waals surface area contributed by atoms with Crippen LogP contribution < -0.4 is 9.47 Å². The zero-order chi connectivity index (χ0) is 13.7. The van der Waals surface area contributed by atoms with Gasteiger partial charge in [0.15, 0.2) is 0 Å². The molecule has 2 aromatic carbocycles. The molecule has 2 aromatic rings. The van der Waals surface area contributed by atoms with Crippen molar-refractivity contribution in [3.8, 4) is 11.5 Å². The first-order valence-electron chi connectivity index (χ1n) is 5.74. The summed E-state index contributed by atoms with van der Waals surface area (Å²) in [7, 11) is 1.57. The summed E-state index contributed by atoms with van der Waals surface area (Å²) >= 11 is 5.22. The molecule has 0 saturated carbocycles. The summed E-state index contributed by atoms with van der Waals surface area (Å²) in [5, 5.41) is -0.451. The predicted octanol–water partition coefficient (Wildman–Crippen LogP) is 3.65. The maximum Gasteiger partial charge on any atom is 0.252 e. The van der Waals surface area contributed by atoms with Gasteiger partial charge in [0.2, 0.25) is 0 Å². The molecule has 1 heterocycles. The molecular formula is C15H13ClO3. The average Bonchev–Trinajstić information content (AvgIpc) is 2.78.